The van der Waals surface area contributed by atoms with Crippen LogP contribution in [-0.2, 0) is 6.42 Å². The highest BCUT2D eigenvalue weighted by atomic mass is 35.5. The van der Waals surface area contributed by atoms with Gasteiger partial charge in [0.25, 0.3) is 0 Å². The lowest BCUT2D eigenvalue weighted by Gasteiger charge is -2.36. The van der Waals surface area contributed by atoms with Crippen LogP contribution in [0.25, 0.3) is 0 Å². The molecule has 112 valence electrons. The van der Waals surface area contributed by atoms with E-state index in [0.29, 0.717) is 22.5 Å². The maximum atomic E-state index is 10.8. The molecule has 4 heteroatoms. The van der Waals surface area contributed by atoms with E-state index in [2.05, 4.69) is 12.2 Å². The second-order valence-electron chi connectivity index (χ2n) is 5.87. The summed E-state index contributed by atoms with van der Waals surface area (Å²) in [5, 5.41) is 15.7. The third-order valence-electron chi connectivity index (χ3n) is 4.13. The highest BCUT2D eigenvalue weighted by molar-refractivity contribution is 6.33. The first kappa shape index (κ1) is 16.1. The van der Waals surface area contributed by atoms with Crippen LogP contribution in [0, 0.1) is 0 Å². The Kier molecular flexibility index (Phi) is 5.74. The number of hydrogen-bond acceptors (Lipinski definition) is 2. The fraction of sp³-hybridized carbons (Fsp3) is 0.625. The third-order valence-corrected chi connectivity index (χ3v) is 4.73. The summed E-state index contributed by atoms with van der Waals surface area (Å²) in [6, 6.07) is 5.99. The fourth-order valence-electron chi connectivity index (χ4n) is 2.92. The highest BCUT2D eigenvalue weighted by Crippen LogP contribution is 2.34. The maximum absolute atomic E-state index is 10.8. The van der Waals surface area contributed by atoms with E-state index >= 15 is 0 Å². The minimum absolute atomic E-state index is 0.546. The highest BCUT2D eigenvalue weighted by Gasteiger charge is 2.33. The summed E-state index contributed by atoms with van der Waals surface area (Å²) in [5.41, 5.74) is 0.306. The molecule has 2 rings (SSSR count). The van der Waals surface area contributed by atoms with Crippen molar-refractivity contribution in [2.75, 3.05) is 6.54 Å². The Bertz CT molecular complexity index is 442. The van der Waals surface area contributed by atoms with Gasteiger partial charge in [-0.1, -0.05) is 30.1 Å². The summed E-state index contributed by atoms with van der Waals surface area (Å²) < 4.78 is 0. The zero-order chi connectivity index (χ0) is 14.6. The first-order valence-corrected chi connectivity index (χ1v) is 8.18. The van der Waals surface area contributed by atoms with E-state index in [1.54, 1.807) is 12.1 Å². The predicted molar refractivity (Wildman–Crippen MR) is 85.7 cm³/mol. The van der Waals surface area contributed by atoms with E-state index in [-0.39, 0.29) is 0 Å². The number of halogens is 2. The van der Waals surface area contributed by atoms with Gasteiger partial charge in [-0.25, -0.2) is 0 Å². The SMILES string of the molecule is CCCNC1CCC(O)(Cc2cc(Cl)ccc2Cl)CC1. The number of aliphatic hydroxyl groups is 1. The van der Waals surface area contributed by atoms with Gasteiger partial charge in [-0.15, -0.1) is 0 Å². The maximum Gasteiger partial charge on any atom is 0.0689 e. The lowest BCUT2D eigenvalue weighted by molar-refractivity contribution is -0.00304. The Morgan fingerprint density at radius 1 is 1.30 bits per heavy atom. The van der Waals surface area contributed by atoms with Gasteiger partial charge in [0, 0.05) is 22.5 Å². The molecule has 1 aliphatic carbocycles. The molecule has 0 aromatic heterocycles. The van der Waals surface area contributed by atoms with Crippen molar-refractivity contribution in [1.29, 1.82) is 0 Å². The van der Waals surface area contributed by atoms with Crippen LogP contribution in [0.4, 0.5) is 0 Å². The summed E-state index contributed by atoms with van der Waals surface area (Å²) in [7, 11) is 0. The van der Waals surface area contributed by atoms with Gasteiger partial charge in [0.15, 0.2) is 0 Å². The Morgan fingerprint density at radius 3 is 2.65 bits per heavy atom. The van der Waals surface area contributed by atoms with Crippen molar-refractivity contribution in [3.8, 4) is 0 Å². The van der Waals surface area contributed by atoms with Crippen LogP contribution in [0.5, 0.6) is 0 Å². The van der Waals surface area contributed by atoms with Crippen LogP contribution in [0.1, 0.15) is 44.6 Å². The largest absolute Gasteiger partial charge is 0.390 e. The molecule has 0 amide bonds. The topological polar surface area (TPSA) is 32.3 Å². The lowest BCUT2D eigenvalue weighted by Crippen LogP contribution is -2.42. The number of hydrogen-bond donors (Lipinski definition) is 2. The van der Waals surface area contributed by atoms with E-state index in [1.165, 1.54) is 0 Å². The van der Waals surface area contributed by atoms with Gasteiger partial charge in [0.05, 0.1) is 5.60 Å². The molecular weight excluding hydrogens is 293 g/mol. The van der Waals surface area contributed by atoms with Crippen molar-refractivity contribution in [3.63, 3.8) is 0 Å². The second-order valence-corrected chi connectivity index (χ2v) is 6.71. The van der Waals surface area contributed by atoms with Gasteiger partial charge in [-0.05, 0) is 62.4 Å². The molecule has 0 spiro atoms. The van der Waals surface area contributed by atoms with Crippen molar-refractivity contribution < 1.29 is 5.11 Å². The smallest absolute Gasteiger partial charge is 0.0689 e. The zero-order valence-electron chi connectivity index (χ0n) is 12.0. The molecule has 1 fully saturated rings. The van der Waals surface area contributed by atoms with Gasteiger partial charge in [0.2, 0.25) is 0 Å². The average Bonchev–Trinajstić information content (AvgIpc) is 2.42. The molecule has 2 nitrogen and oxygen atoms in total. The lowest BCUT2D eigenvalue weighted by atomic mass is 9.78. The molecule has 0 bridgehead atoms. The van der Waals surface area contributed by atoms with Crippen molar-refractivity contribution >= 4 is 23.2 Å². The molecule has 0 radical (unpaired) electrons. The van der Waals surface area contributed by atoms with Gasteiger partial charge in [-0.3, -0.25) is 0 Å². The normalized spacial score (nSPS) is 26.7. The van der Waals surface area contributed by atoms with E-state index in [0.717, 1.165) is 44.2 Å². The summed E-state index contributed by atoms with van der Waals surface area (Å²) in [5.74, 6) is 0. The molecule has 1 aliphatic rings. The standard InChI is InChI=1S/C16H23Cl2NO/c1-2-9-19-14-5-7-16(20,8-6-14)11-12-10-13(17)3-4-15(12)18/h3-4,10,14,19-20H,2,5-9,11H2,1H3. The molecule has 1 aromatic carbocycles. The monoisotopic (exact) mass is 315 g/mol. The first-order valence-electron chi connectivity index (χ1n) is 7.42. The van der Waals surface area contributed by atoms with E-state index in [1.807, 2.05) is 6.07 Å². The Morgan fingerprint density at radius 2 is 2.00 bits per heavy atom. The van der Waals surface area contributed by atoms with E-state index < -0.39 is 5.60 Å². The predicted octanol–water partition coefficient (Wildman–Crippen LogP) is 4.21. The molecule has 2 N–H and O–H groups in total. The zero-order valence-corrected chi connectivity index (χ0v) is 13.5. The van der Waals surface area contributed by atoms with Crippen LogP contribution in [-0.4, -0.2) is 23.3 Å². The van der Waals surface area contributed by atoms with Crippen LogP contribution in [0.15, 0.2) is 18.2 Å². The molecule has 0 aliphatic heterocycles. The molecule has 0 unspecified atom stereocenters. The summed E-state index contributed by atoms with van der Waals surface area (Å²) in [6.07, 6.45) is 5.42. The van der Waals surface area contributed by atoms with Crippen molar-refractivity contribution in [2.45, 2.75) is 57.1 Å². The van der Waals surface area contributed by atoms with Gasteiger partial charge < -0.3 is 10.4 Å². The van der Waals surface area contributed by atoms with Crippen molar-refractivity contribution in [2.24, 2.45) is 0 Å². The minimum Gasteiger partial charge on any atom is -0.390 e. The van der Waals surface area contributed by atoms with Gasteiger partial charge in [-0.2, -0.15) is 0 Å². The average molecular weight is 316 g/mol. The Hall–Kier alpha value is -0.280. The fourth-order valence-corrected chi connectivity index (χ4v) is 3.30. The molecule has 20 heavy (non-hydrogen) atoms. The van der Waals surface area contributed by atoms with Crippen molar-refractivity contribution in [3.05, 3.63) is 33.8 Å². The van der Waals surface area contributed by atoms with Gasteiger partial charge >= 0.3 is 0 Å². The van der Waals surface area contributed by atoms with Crippen molar-refractivity contribution in [1.82, 2.24) is 5.32 Å². The Labute approximate surface area is 131 Å². The molecule has 0 atom stereocenters. The molecule has 1 saturated carbocycles. The minimum atomic E-state index is -0.640. The molecule has 0 heterocycles. The summed E-state index contributed by atoms with van der Waals surface area (Å²) in [6.45, 7) is 3.23. The third kappa shape index (κ3) is 4.36. The molecule has 0 saturated heterocycles. The second kappa shape index (κ2) is 7.13. The van der Waals surface area contributed by atoms with Crippen LogP contribution in [0.2, 0.25) is 10.0 Å². The molecule has 1 aromatic rings. The van der Waals surface area contributed by atoms with Crippen LogP contribution >= 0.6 is 23.2 Å². The number of nitrogens with one attached hydrogen (secondary N) is 1. The number of rotatable bonds is 5. The van der Waals surface area contributed by atoms with Crippen LogP contribution < -0.4 is 5.32 Å². The van der Waals surface area contributed by atoms with Crippen LogP contribution in [0.3, 0.4) is 0 Å². The summed E-state index contributed by atoms with van der Waals surface area (Å²) >= 11 is 12.2. The summed E-state index contributed by atoms with van der Waals surface area (Å²) in [4.78, 5) is 0. The van der Waals surface area contributed by atoms with E-state index in [9.17, 15) is 5.11 Å². The van der Waals surface area contributed by atoms with Gasteiger partial charge in [0.1, 0.15) is 0 Å². The number of benzene rings is 1. The first-order chi connectivity index (χ1) is 9.52. The molecular formula is C16H23Cl2NO. The van der Waals surface area contributed by atoms with E-state index in [4.69, 9.17) is 23.2 Å². The quantitative estimate of drug-likeness (QED) is 0.853. The Balaban J connectivity index is 1.94.